The first-order valence-electron chi connectivity index (χ1n) is 8.13. The van der Waals surface area contributed by atoms with Crippen LogP contribution in [-0.2, 0) is 13.0 Å². The molecular weight excluding hydrogens is 301 g/mol. The van der Waals surface area contributed by atoms with E-state index in [1.54, 1.807) is 12.1 Å². The summed E-state index contributed by atoms with van der Waals surface area (Å²) < 4.78 is 14.1. The standard InChI is InChI=1S/C20H18FN3/c1-14-22-19(17-8-4-5-9-18(17)21)12-20(23-14)24-11-10-15-6-2-3-7-16(15)13-24/h2-9,12H,10-11,13H2,1H3. The van der Waals surface area contributed by atoms with Crippen molar-refractivity contribution in [3.63, 3.8) is 0 Å². The third-order valence-corrected chi connectivity index (χ3v) is 4.43. The summed E-state index contributed by atoms with van der Waals surface area (Å²) in [6.45, 7) is 3.58. The van der Waals surface area contributed by atoms with Gasteiger partial charge in [0.1, 0.15) is 17.5 Å². The van der Waals surface area contributed by atoms with Gasteiger partial charge in [0.05, 0.1) is 5.69 Å². The molecular formula is C20H18FN3. The molecule has 2 aromatic carbocycles. The minimum Gasteiger partial charge on any atom is -0.352 e. The summed E-state index contributed by atoms with van der Waals surface area (Å²) >= 11 is 0. The molecule has 0 atom stereocenters. The third-order valence-electron chi connectivity index (χ3n) is 4.43. The smallest absolute Gasteiger partial charge is 0.133 e. The SMILES string of the molecule is Cc1nc(-c2ccccc2F)cc(N2CCc3ccccc3C2)n1. The highest BCUT2D eigenvalue weighted by Crippen LogP contribution is 2.27. The number of fused-ring (bicyclic) bond motifs is 1. The molecule has 0 amide bonds. The van der Waals surface area contributed by atoms with Gasteiger partial charge in [-0.1, -0.05) is 36.4 Å². The van der Waals surface area contributed by atoms with E-state index >= 15 is 0 Å². The molecule has 0 radical (unpaired) electrons. The van der Waals surface area contributed by atoms with Crippen molar-refractivity contribution in [1.82, 2.24) is 9.97 Å². The molecule has 24 heavy (non-hydrogen) atoms. The first kappa shape index (κ1) is 14.8. The molecule has 3 nitrogen and oxygen atoms in total. The zero-order valence-corrected chi connectivity index (χ0v) is 13.5. The van der Waals surface area contributed by atoms with Gasteiger partial charge in [-0.25, -0.2) is 14.4 Å². The lowest BCUT2D eigenvalue weighted by molar-refractivity contribution is 0.630. The number of anilines is 1. The van der Waals surface area contributed by atoms with E-state index in [2.05, 4.69) is 39.1 Å². The summed E-state index contributed by atoms with van der Waals surface area (Å²) in [6.07, 6.45) is 0.994. The number of benzene rings is 2. The summed E-state index contributed by atoms with van der Waals surface area (Å²) in [6, 6.07) is 17.1. The summed E-state index contributed by atoms with van der Waals surface area (Å²) in [5.74, 6) is 1.26. The van der Waals surface area contributed by atoms with Crippen LogP contribution in [0.3, 0.4) is 0 Å². The lowest BCUT2D eigenvalue weighted by Gasteiger charge is -2.30. The summed E-state index contributed by atoms with van der Waals surface area (Å²) in [5, 5.41) is 0. The number of aromatic nitrogens is 2. The second-order valence-corrected chi connectivity index (χ2v) is 6.08. The first-order chi connectivity index (χ1) is 11.7. The fourth-order valence-electron chi connectivity index (χ4n) is 3.21. The molecule has 4 heteroatoms. The molecule has 0 aliphatic carbocycles. The van der Waals surface area contributed by atoms with E-state index in [1.807, 2.05) is 19.1 Å². The topological polar surface area (TPSA) is 29.0 Å². The van der Waals surface area contributed by atoms with Crippen LogP contribution in [0.4, 0.5) is 10.2 Å². The average Bonchev–Trinajstić information content (AvgIpc) is 2.61. The predicted molar refractivity (Wildman–Crippen MR) is 93.4 cm³/mol. The third kappa shape index (κ3) is 2.75. The van der Waals surface area contributed by atoms with E-state index in [4.69, 9.17) is 0 Å². The zero-order chi connectivity index (χ0) is 16.5. The molecule has 0 saturated heterocycles. The van der Waals surface area contributed by atoms with Crippen molar-refractivity contribution in [2.45, 2.75) is 19.9 Å². The molecule has 3 aromatic rings. The zero-order valence-electron chi connectivity index (χ0n) is 13.5. The molecule has 1 aliphatic rings. The van der Waals surface area contributed by atoms with Crippen molar-refractivity contribution in [3.8, 4) is 11.3 Å². The van der Waals surface area contributed by atoms with E-state index in [9.17, 15) is 4.39 Å². The van der Waals surface area contributed by atoms with Crippen LogP contribution in [0.25, 0.3) is 11.3 Å². The summed E-state index contributed by atoms with van der Waals surface area (Å²) in [4.78, 5) is 11.2. The maximum Gasteiger partial charge on any atom is 0.133 e. The van der Waals surface area contributed by atoms with E-state index in [1.165, 1.54) is 17.2 Å². The second kappa shape index (κ2) is 6.04. The van der Waals surface area contributed by atoms with Crippen molar-refractivity contribution in [2.75, 3.05) is 11.4 Å². The Balaban J connectivity index is 1.71. The summed E-state index contributed by atoms with van der Waals surface area (Å²) in [5.41, 5.74) is 3.87. The second-order valence-electron chi connectivity index (χ2n) is 6.08. The van der Waals surface area contributed by atoms with Crippen molar-refractivity contribution in [2.24, 2.45) is 0 Å². The van der Waals surface area contributed by atoms with Crippen LogP contribution < -0.4 is 4.90 Å². The van der Waals surface area contributed by atoms with E-state index in [-0.39, 0.29) is 5.82 Å². The van der Waals surface area contributed by atoms with Gasteiger partial charge in [0.25, 0.3) is 0 Å². The fourth-order valence-corrected chi connectivity index (χ4v) is 3.21. The maximum atomic E-state index is 14.1. The fraction of sp³-hybridized carbons (Fsp3) is 0.200. The summed E-state index contributed by atoms with van der Waals surface area (Å²) in [7, 11) is 0. The van der Waals surface area contributed by atoms with Gasteiger partial charge in [-0.2, -0.15) is 0 Å². The molecule has 0 bridgehead atoms. The lowest BCUT2D eigenvalue weighted by atomic mass is 10.00. The van der Waals surface area contributed by atoms with Crippen molar-refractivity contribution in [3.05, 3.63) is 77.4 Å². The molecule has 0 spiro atoms. The Kier molecular flexibility index (Phi) is 3.73. The molecule has 1 aromatic heterocycles. The van der Waals surface area contributed by atoms with Gasteiger partial charge < -0.3 is 4.90 Å². The molecule has 120 valence electrons. The van der Waals surface area contributed by atoms with Crippen LogP contribution in [0.1, 0.15) is 17.0 Å². The first-order valence-corrected chi connectivity index (χ1v) is 8.13. The Labute approximate surface area is 140 Å². The van der Waals surface area contributed by atoms with Crippen LogP contribution in [0, 0.1) is 12.7 Å². The molecule has 0 saturated carbocycles. The van der Waals surface area contributed by atoms with Crippen LogP contribution in [0.15, 0.2) is 54.6 Å². The molecule has 0 N–H and O–H groups in total. The van der Waals surface area contributed by atoms with Crippen LogP contribution in [0.2, 0.25) is 0 Å². The van der Waals surface area contributed by atoms with E-state index in [0.717, 1.165) is 25.3 Å². The van der Waals surface area contributed by atoms with Gasteiger partial charge in [-0.05, 0) is 36.6 Å². The number of aryl methyl sites for hydroxylation is 1. The predicted octanol–water partition coefficient (Wildman–Crippen LogP) is 4.15. The van der Waals surface area contributed by atoms with E-state index in [0.29, 0.717) is 17.1 Å². The molecule has 4 rings (SSSR count). The normalized spacial score (nSPS) is 13.7. The van der Waals surface area contributed by atoms with Gasteiger partial charge in [0, 0.05) is 24.7 Å². The maximum absolute atomic E-state index is 14.1. The highest BCUT2D eigenvalue weighted by Gasteiger charge is 2.18. The highest BCUT2D eigenvalue weighted by atomic mass is 19.1. The molecule has 2 heterocycles. The van der Waals surface area contributed by atoms with Crippen molar-refractivity contribution in [1.29, 1.82) is 0 Å². The Morgan fingerprint density at radius 3 is 2.54 bits per heavy atom. The van der Waals surface area contributed by atoms with Gasteiger partial charge in [-0.3, -0.25) is 0 Å². The number of hydrogen-bond acceptors (Lipinski definition) is 3. The Morgan fingerprint density at radius 2 is 1.71 bits per heavy atom. The number of hydrogen-bond donors (Lipinski definition) is 0. The number of nitrogens with zero attached hydrogens (tertiary/aromatic N) is 3. The van der Waals surface area contributed by atoms with Gasteiger partial charge in [0.2, 0.25) is 0 Å². The van der Waals surface area contributed by atoms with Crippen LogP contribution in [0.5, 0.6) is 0 Å². The van der Waals surface area contributed by atoms with Crippen molar-refractivity contribution < 1.29 is 4.39 Å². The van der Waals surface area contributed by atoms with Crippen LogP contribution >= 0.6 is 0 Å². The number of rotatable bonds is 2. The molecule has 0 fully saturated rings. The number of halogens is 1. The lowest BCUT2D eigenvalue weighted by Crippen LogP contribution is -2.31. The highest BCUT2D eigenvalue weighted by molar-refractivity contribution is 5.64. The van der Waals surface area contributed by atoms with Crippen LogP contribution in [-0.4, -0.2) is 16.5 Å². The van der Waals surface area contributed by atoms with Gasteiger partial charge in [0.15, 0.2) is 0 Å². The quantitative estimate of drug-likeness (QED) is 0.710. The Bertz CT molecular complexity index is 892. The van der Waals surface area contributed by atoms with Gasteiger partial charge >= 0.3 is 0 Å². The Hall–Kier alpha value is -2.75. The molecule has 0 unspecified atom stereocenters. The largest absolute Gasteiger partial charge is 0.352 e. The van der Waals surface area contributed by atoms with Crippen molar-refractivity contribution >= 4 is 5.82 Å². The van der Waals surface area contributed by atoms with E-state index < -0.39 is 0 Å². The molecule has 1 aliphatic heterocycles. The van der Waals surface area contributed by atoms with Gasteiger partial charge in [-0.15, -0.1) is 0 Å². The average molecular weight is 319 g/mol. The minimum absolute atomic E-state index is 0.259. The Morgan fingerprint density at radius 1 is 0.958 bits per heavy atom. The monoisotopic (exact) mass is 319 g/mol. The minimum atomic E-state index is -0.259.